The molecule has 0 aliphatic carbocycles. The Bertz CT molecular complexity index is 1540. The monoisotopic (exact) mass is 492 g/mol. The lowest BCUT2D eigenvalue weighted by atomic mass is 10.1. The third-order valence-corrected chi connectivity index (χ3v) is 7.26. The average molecular weight is 493 g/mol. The van der Waals surface area contributed by atoms with Gasteiger partial charge in [0.25, 0.3) is 0 Å². The van der Waals surface area contributed by atoms with Crippen molar-refractivity contribution in [2.45, 2.75) is 0 Å². The zero-order valence-corrected chi connectivity index (χ0v) is 20.6. The molecule has 1 N–H and O–H groups in total. The Morgan fingerprint density at radius 2 is 1.24 bits per heavy atom. The van der Waals surface area contributed by atoms with E-state index in [1.54, 1.807) is 0 Å². The van der Waals surface area contributed by atoms with Crippen LogP contribution in [0.5, 0.6) is 0 Å². The summed E-state index contributed by atoms with van der Waals surface area (Å²) in [7, 11) is 0. The minimum atomic E-state index is 0.762. The summed E-state index contributed by atoms with van der Waals surface area (Å²) >= 11 is 0. The summed E-state index contributed by atoms with van der Waals surface area (Å²) in [5.41, 5.74) is 7.95. The minimum Gasteiger partial charge on any atom is -0.378 e. The number of morpholine rings is 2. The maximum Gasteiger partial charge on any atom is 0.139 e. The first-order chi connectivity index (χ1) is 18.3. The predicted molar refractivity (Wildman–Crippen MR) is 146 cm³/mol. The topological polar surface area (TPSA) is 79.4 Å². The summed E-state index contributed by atoms with van der Waals surface area (Å²) < 4.78 is 10.9. The lowest BCUT2D eigenvalue weighted by molar-refractivity contribution is 0.122. The van der Waals surface area contributed by atoms with Crippen LogP contribution in [0.15, 0.2) is 67.0 Å². The molecule has 2 saturated heterocycles. The molecule has 1 aromatic carbocycles. The molecule has 4 aromatic heterocycles. The van der Waals surface area contributed by atoms with Gasteiger partial charge in [0.1, 0.15) is 5.65 Å². The fourth-order valence-electron chi connectivity index (χ4n) is 5.19. The number of rotatable bonds is 4. The summed E-state index contributed by atoms with van der Waals surface area (Å²) in [5.74, 6) is 0. The molecule has 2 aliphatic heterocycles. The largest absolute Gasteiger partial charge is 0.378 e. The molecule has 0 unspecified atom stereocenters. The summed E-state index contributed by atoms with van der Waals surface area (Å²) in [5, 5.41) is 2.23. The lowest BCUT2D eigenvalue weighted by Crippen LogP contribution is -2.36. The number of hydrogen-bond acceptors (Lipinski definition) is 7. The van der Waals surface area contributed by atoms with E-state index in [2.05, 4.69) is 63.3 Å². The molecule has 6 heterocycles. The highest BCUT2D eigenvalue weighted by molar-refractivity contribution is 6.07. The highest BCUT2D eigenvalue weighted by atomic mass is 16.5. The average Bonchev–Trinajstić information content (AvgIpc) is 3.35. The van der Waals surface area contributed by atoms with E-state index in [9.17, 15) is 0 Å². The first kappa shape index (κ1) is 22.2. The van der Waals surface area contributed by atoms with Gasteiger partial charge in [-0.15, -0.1) is 0 Å². The Hall–Kier alpha value is -4.01. The van der Waals surface area contributed by atoms with Gasteiger partial charge in [0.15, 0.2) is 0 Å². The number of fused-ring (bicyclic) bond motifs is 3. The van der Waals surface area contributed by atoms with Crippen LogP contribution in [-0.4, -0.2) is 72.5 Å². The lowest BCUT2D eigenvalue weighted by Gasteiger charge is -2.28. The fraction of sp³-hybridized carbons (Fsp3) is 0.276. The number of pyridine rings is 3. The zero-order chi connectivity index (χ0) is 24.6. The summed E-state index contributed by atoms with van der Waals surface area (Å²) in [6.07, 6.45) is 3.90. The van der Waals surface area contributed by atoms with Gasteiger partial charge in [-0.3, -0.25) is 9.97 Å². The fourth-order valence-corrected chi connectivity index (χ4v) is 5.19. The second-order valence-corrected chi connectivity index (χ2v) is 9.48. The zero-order valence-electron chi connectivity index (χ0n) is 20.6. The number of hydrogen-bond donors (Lipinski definition) is 1. The van der Waals surface area contributed by atoms with Gasteiger partial charge in [0.05, 0.1) is 67.3 Å². The van der Waals surface area contributed by atoms with E-state index < -0.39 is 0 Å². The van der Waals surface area contributed by atoms with Crippen molar-refractivity contribution in [3.63, 3.8) is 0 Å². The van der Waals surface area contributed by atoms with Crippen molar-refractivity contribution < 1.29 is 9.47 Å². The molecular weight excluding hydrogens is 464 g/mol. The van der Waals surface area contributed by atoms with Crippen LogP contribution in [0.3, 0.4) is 0 Å². The van der Waals surface area contributed by atoms with Crippen LogP contribution < -0.4 is 9.80 Å². The van der Waals surface area contributed by atoms with E-state index in [0.717, 1.165) is 109 Å². The number of aromatic amines is 1. The van der Waals surface area contributed by atoms with Gasteiger partial charge in [-0.1, -0.05) is 6.07 Å². The first-order valence-corrected chi connectivity index (χ1v) is 12.8. The SMILES string of the molecule is c1cc2[nH]c3nc(-c4ccc(N5CCOCC5)cn4)ccc3c2cc1-c1ccc(N2CCOCC2)cn1. The molecule has 0 amide bonds. The molecule has 2 fully saturated rings. The number of nitrogens with one attached hydrogen (secondary N) is 1. The van der Waals surface area contributed by atoms with E-state index >= 15 is 0 Å². The Kier molecular flexibility index (Phi) is 5.68. The van der Waals surface area contributed by atoms with Gasteiger partial charge in [0, 0.05) is 48.0 Å². The number of H-pyrrole nitrogens is 1. The van der Waals surface area contributed by atoms with Gasteiger partial charge in [-0.2, -0.15) is 0 Å². The second-order valence-electron chi connectivity index (χ2n) is 9.48. The number of benzene rings is 1. The van der Waals surface area contributed by atoms with E-state index in [1.807, 2.05) is 18.5 Å². The number of aromatic nitrogens is 4. The Balaban J connectivity index is 1.16. The summed E-state index contributed by atoms with van der Waals surface area (Å²) in [6.45, 7) is 6.67. The van der Waals surface area contributed by atoms with Gasteiger partial charge in [-0.25, -0.2) is 4.98 Å². The second kappa shape index (κ2) is 9.46. The van der Waals surface area contributed by atoms with Gasteiger partial charge < -0.3 is 24.3 Å². The molecular formula is C29H28N6O2. The van der Waals surface area contributed by atoms with Crippen molar-refractivity contribution in [3.8, 4) is 22.6 Å². The van der Waals surface area contributed by atoms with Crippen molar-refractivity contribution in [1.82, 2.24) is 19.9 Å². The maximum atomic E-state index is 5.46. The molecule has 37 heavy (non-hydrogen) atoms. The molecule has 0 saturated carbocycles. The third kappa shape index (κ3) is 4.28. The van der Waals surface area contributed by atoms with E-state index in [-0.39, 0.29) is 0 Å². The normalized spacial score (nSPS) is 16.5. The Morgan fingerprint density at radius 1 is 0.622 bits per heavy atom. The molecule has 0 atom stereocenters. The molecule has 186 valence electrons. The Labute approximate surface area is 214 Å². The van der Waals surface area contributed by atoms with Crippen LogP contribution in [0.2, 0.25) is 0 Å². The van der Waals surface area contributed by atoms with Crippen molar-refractivity contribution >= 4 is 33.3 Å². The molecule has 8 nitrogen and oxygen atoms in total. The predicted octanol–water partition coefficient (Wildman–Crippen LogP) is 4.51. The minimum absolute atomic E-state index is 0.762. The maximum absolute atomic E-state index is 5.46. The molecule has 7 rings (SSSR count). The number of anilines is 2. The smallest absolute Gasteiger partial charge is 0.139 e. The first-order valence-electron chi connectivity index (χ1n) is 12.8. The quantitative estimate of drug-likeness (QED) is 0.395. The van der Waals surface area contributed by atoms with Crippen molar-refractivity contribution in [2.24, 2.45) is 0 Å². The molecule has 2 aliphatic rings. The van der Waals surface area contributed by atoms with Crippen LogP contribution in [-0.2, 0) is 9.47 Å². The van der Waals surface area contributed by atoms with Crippen LogP contribution in [0, 0.1) is 0 Å². The summed E-state index contributed by atoms with van der Waals surface area (Å²) in [4.78, 5) is 22.5. The van der Waals surface area contributed by atoms with Gasteiger partial charge in [-0.05, 0) is 48.5 Å². The van der Waals surface area contributed by atoms with Gasteiger partial charge >= 0.3 is 0 Å². The Morgan fingerprint density at radius 3 is 1.86 bits per heavy atom. The van der Waals surface area contributed by atoms with Gasteiger partial charge in [0.2, 0.25) is 0 Å². The number of ether oxygens (including phenoxy) is 2. The molecule has 0 radical (unpaired) electrons. The molecule has 5 aromatic rings. The van der Waals surface area contributed by atoms with Crippen molar-refractivity contribution in [2.75, 3.05) is 62.4 Å². The van der Waals surface area contributed by atoms with Crippen LogP contribution in [0.1, 0.15) is 0 Å². The standard InChI is InChI=1S/C29H28N6O2/c1-5-26-24(17-20(1)25-6-2-21(18-30-25)34-9-13-36-14-10-34)23-4-8-28(33-29(23)32-26)27-7-3-22(19-31-27)35-11-15-37-16-12-35/h1-8,17-19H,9-16H2,(H,32,33). The third-order valence-electron chi connectivity index (χ3n) is 7.26. The van der Waals surface area contributed by atoms with Crippen LogP contribution in [0.4, 0.5) is 11.4 Å². The molecule has 0 bridgehead atoms. The summed E-state index contributed by atoms with van der Waals surface area (Å²) in [6, 6.07) is 19.0. The van der Waals surface area contributed by atoms with Crippen LogP contribution in [0.25, 0.3) is 44.6 Å². The highest BCUT2D eigenvalue weighted by Gasteiger charge is 2.14. The van der Waals surface area contributed by atoms with E-state index in [0.29, 0.717) is 0 Å². The van der Waals surface area contributed by atoms with Crippen LogP contribution >= 0.6 is 0 Å². The molecule has 0 spiro atoms. The van der Waals surface area contributed by atoms with E-state index in [1.165, 1.54) is 0 Å². The van der Waals surface area contributed by atoms with Crippen molar-refractivity contribution in [1.29, 1.82) is 0 Å². The van der Waals surface area contributed by atoms with Crippen molar-refractivity contribution in [3.05, 3.63) is 67.0 Å². The number of nitrogens with zero attached hydrogens (tertiary/aromatic N) is 5. The van der Waals surface area contributed by atoms with E-state index in [4.69, 9.17) is 24.4 Å². The highest BCUT2D eigenvalue weighted by Crippen LogP contribution is 2.31. The molecule has 8 heteroatoms.